The van der Waals surface area contributed by atoms with Gasteiger partial charge in [-0.2, -0.15) is 0 Å². The van der Waals surface area contributed by atoms with Gasteiger partial charge < -0.3 is 10.2 Å². The van der Waals surface area contributed by atoms with E-state index in [-0.39, 0.29) is 17.9 Å². The Morgan fingerprint density at radius 1 is 1.29 bits per heavy atom. The Balaban J connectivity index is 1.87. The average molecular weight is 336 g/mol. The molecule has 1 aromatic heterocycles. The summed E-state index contributed by atoms with van der Waals surface area (Å²) in [6, 6.07) is 1.82. The molecule has 2 heterocycles. The summed E-state index contributed by atoms with van der Waals surface area (Å²) in [5.41, 5.74) is -0.475. The van der Waals surface area contributed by atoms with Crippen LogP contribution in [0.2, 0.25) is 0 Å². The predicted octanol–water partition coefficient (Wildman–Crippen LogP) is 3.27. The van der Waals surface area contributed by atoms with E-state index in [0.717, 1.165) is 5.69 Å². The third-order valence-electron chi connectivity index (χ3n) is 4.25. The van der Waals surface area contributed by atoms with Crippen molar-refractivity contribution in [1.82, 2.24) is 14.9 Å². The van der Waals surface area contributed by atoms with Crippen molar-refractivity contribution in [2.75, 3.05) is 25.0 Å². The molecule has 24 heavy (non-hydrogen) atoms. The molecule has 1 aromatic rings. The lowest BCUT2D eigenvalue weighted by Gasteiger charge is -2.37. The molecule has 0 atom stereocenters. The van der Waals surface area contributed by atoms with Gasteiger partial charge in [0.05, 0.1) is 6.54 Å². The minimum Gasteiger partial charge on any atom is -0.367 e. The number of likely N-dealkylation sites (tertiary alicyclic amines) is 1. The highest BCUT2D eigenvalue weighted by molar-refractivity contribution is 5.76. The van der Waals surface area contributed by atoms with Gasteiger partial charge >= 0.3 is 0 Å². The molecule has 2 rings (SSSR count). The Bertz CT molecular complexity index is 569. The molecule has 0 spiro atoms. The highest BCUT2D eigenvalue weighted by Gasteiger charge is 2.36. The molecule has 1 aliphatic rings. The fraction of sp³-hybridized carbons (Fsp3) is 0.722. The third-order valence-corrected chi connectivity index (χ3v) is 4.25. The molecule has 1 amide bonds. The number of aryl methyl sites for hydroxylation is 2. The molecular formula is C18H29FN4O. The molecule has 6 heteroatoms. The zero-order chi connectivity index (χ0) is 18.0. The van der Waals surface area contributed by atoms with Gasteiger partial charge in [0.2, 0.25) is 5.91 Å². The van der Waals surface area contributed by atoms with Gasteiger partial charge in [0.15, 0.2) is 0 Å². The quantitative estimate of drug-likeness (QED) is 0.917. The van der Waals surface area contributed by atoms with Gasteiger partial charge in [-0.1, -0.05) is 20.8 Å². The number of rotatable bonds is 4. The molecule has 0 aliphatic carbocycles. The van der Waals surface area contributed by atoms with Crippen LogP contribution in [0, 0.1) is 19.3 Å². The van der Waals surface area contributed by atoms with E-state index in [9.17, 15) is 9.18 Å². The maximum Gasteiger partial charge on any atom is 0.223 e. The highest BCUT2D eigenvalue weighted by Crippen LogP contribution is 2.29. The van der Waals surface area contributed by atoms with Crippen molar-refractivity contribution >= 4 is 11.7 Å². The fourth-order valence-electron chi connectivity index (χ4n) is 2.96. The molecule has 1 N–H and O–H groups in total. The number of halogens is 1. The summed E-state index contributed by atoms with van der Waals surface area (Å²) < 4.78 is 15.0. The lowest BCUT2D eigenvalue weighted by atomic mass is 9.89. The summed E-state index contributed by atoms with van der Waals surface area (Å²) in [5, 5.41) is 3.09. The Hall–Kier alpha value is -1.72. The second-order valence-corrected chi connectivity index (χ2v) is 8.06. The van der Waals surface area contributed by atoms with Crippen molar-refractivity contribution < 1.29 is 9.18 Å². The molecule has 0 bridgehead atoms. The first-order valence-corrected chi connectivity index (χ1v) is 8.59. The molecule has 1 saturated heterocycles. The van der Waals surface area contributed by atoms with E-state index < -0.39 is 5.67 Å². The first-order chi connectivity index (χ1) is 11.1. The second-order valence-electron chi connectivity index (χ2n) is 8.06. The summed E-state index contributed by atoms with van der Waals surface area (Å²) in [6.07, 6.45) is 1.22. The first-order valence-electron chi connectivity index (χ1n) is 8.59. The minimum atomic E-state index is -1.30. The largest absolute Gasteiger partial charge is 0.367 e. The lowest BCUT2D eigenvalue weighted by molar-refractivity contribution is -0.135. The maximum atomic E-state index is 15.0. The van der Waals surface area contributed by atoms with Crippen molar-refractivity contribution in [1.29, 1.82) is 0 Å². The summed E-state index contributed by atoms with van der Waals surface area (Å²) >= 11 is 0. The highest BCUT2D eigenvalue weighted by atomic mass is 19.1. The minimum absolute atomic E-state index is 0.0361. The molecule has 0 aromatic carbocycles. The lowest BCUT2D eigenvalue weighted by Crippen LogP contribution is -2.48. The molecule has 134 valence electrons. The van der Waals surface area contributed by atoms with Crippen LogP contribution < -0.4 is 5.32 Å². The Morgan fingerprint density at radius 2 is 1.92 bits per heavy atom. The standard InChI is InChI=1S/C18H29FN4O/c1-13-10-15(22-14(2)21-13)20-12-18(19)6-8-23(9-7-18)16(24)11-17(3,4)5/h10H,6-9,11-12H2,1-5H3,(H,20,21,22). The number of carbonyl (C=O) groups is 1. The Kier molecular flexibility index (Phi) is 5.45. The van der Waals surface area contributed by atoms with Gasteiger partial charge in [0.25, 0.3) is 0 Å². The van der Waals surface area contributed by atoms with Crippen molar-refractivity contribution in [3.05, 3.63) is 17.6 Å². The van der Waals surface area contributed by atoms with Crippen LogP contribution in [-0.4, -0.2) is 46.1 Å². The normalized spacial score (nSPS) is 17.7. The van der Waals surface area contributed by atoms with Crippen molar-refractivity contribution in [2.45, 2.75) is 59.5 Å². The van der Waals surface area contributed by atoms with E-state index in [2.05, 4.69) is 15.3 Å². The van der Waals surface area contributed by atoms with Crippen LogP contribution in [0.5, 0.6) is 0 Å². The number of anilines is 1. The number of aromatic nitrogens is 2. The zero-order valence-corrected chi connectivity index (χ0v) is 15.4. The van der Waals surface area contributed by atoms with Crippen LogP contribution in [-0.2, 0) is 4.79 Å². The van der Waals surface area contributed by atoms with Gasteiger partial charge in [-0.05, 0) is 19.3 Å². The van der Waals surface area contributed by atoms with Crippen LogP contribution in [0.25, 0.3) is 0 Å². The SMILES string of the molecule is Cc1cc(NCC2(F)CCN(C(=O)CC(C)(C)C)CC2)nc(C)n1. The number of carbonyl (C=O) groups excluding carboxylic acids is 1. The molecular weight excluding hydrogens is 307 g/mol. The second kappa shape index (κ2) is 7.03. The molecule has 1 aliphatic heterocycles. The number of piperidine rings is 1. The van der Waals surface area contributed by atoms with Crippen molar-refractivity contribution in [3.63, 3.8) is 0 Å². The molecule has 0 saturated carbocycles. The van der Waals surface area contributed by atoms with Gasteiger partial charge in [-0.25, -0.2) is 14.4 Å². The van der Waals surface area contributed by atoms with Crippen LogP contribution in [0.1, 0.15) is 51.6 Å². The maximum absolute atomic E-state index is 15.0. The predicted molar refractivity (Wildman–Crippen MR) is 93.7 cm³/mol. The van der Waals surface area contributed by atoms with E-state index in [1.807, 2.05) is 40.7 Å². The van der Waals surface area contributed by atoms with Crippen LogP contribution in [0.3, 0.4) is 0 Å². The van der Waals surface area contributed by atoms with E-state index in [1.165, 1.54) is 0 Å². The zero-order valence-electron chi connectivity index (χ0n) is 15.4. The molecule has 5 nitrogen and oxygen atoms in total. The van der Waals surface area contributed by atoms with E-state index in [0.29, 0.717) is 44.0 Å². The van der Waals surface area contributed by atoms with Gasteiger partial charge in [-0.3, -0.25) is 4.79 Å². The number of hydrogen-bond donors (Lipinski definition) is 1. The van der Waals surface area contributed by atoms with Crippen molar-refractivity contribution in [2.24, 2.45) is 5.41 Å². The van der Waals surface area contributed by atoms with E-state index in [1.54, 1.807) is 4.90 Å². The fourth-order valence-corrected chi connectivity index (χ4v) is 2.96. The Labute approximate surface area is 144 Å². The number of nitrogens with one attached hydrogen (secondary N) is 1. The third kappa shape index (κ3) is 5.42. The summed E-state index contributed by atoms with van der Waals surface area (Å²) in [4.78, 5) is 22.5. The van der Waals surface area contributed by atoms with Crippen LogP contribution >= 0.6 is 0 Å². The van der Waals surface area contributed by atoms with E-state index >= 15 is 0 Å². The Morgan fingerprint density at radius 3 is 2.46 bits per heavy atom. The average Bonchev–Trinajstić information content (AvgIpc) is 2.43. The number of amides is 1. The molecule has 0 unspecified atom stereocenters. The van der Waals surface area contributed by atoms with Crippen molar-refractivity contribution in [3.8, 4) is 0 Å². The van der Waals surface area contributed by atoms with Gasteiger partial charge in [0.1, 0.15) is 17.3 Å². The van der Waals surface area contributed by atoms with Gasteiger partial charge in [-0.15, -0.1) is 0 Å². The topological polar surface area (TPSA) is 58.1 Å². The first kappa shape index (κ1) is 18.6. The van der Waals surface area contributed by atoms with E-state index in [4.69, 9.17) is 0 Å². The summed E-state index contributed by atoms with van der Waals surface area (Å²) in [6.45, 7) is 11.0. The number of hydrogen-bond acceptors (Lipinski definition) is 4. The molecule has 0 radical (unpaired) electrons. The molecule has 1 fully saturated rings. The van der Waals surface area contributed by atoms with Gasteiger partial charge in [0, 0.05) is 44.1 Å². The smallest absolute Gasteiger partial charge is 0.223 e. The number of alkyl halides is 1. The van der Waals surface area contributed by atoms with Crippen LogP contribution in [0.15, 0.2) is 6.07 Å². The monoisotopic (exact) mass is 336 g/mol. The summed E-state index contributed by atoms with van der Waals surface area (Å²) in [7, 11) is 0. The number of nitrogens with zero attached hydrogens (tertiary/aromatic N) is 3. The summed E-state index contributed by atoms with van der Waals surface area (Å²) in [5.74, 6) is 1.45. The van der Waals surface area contributed by atoms with Crippen LogP contribution in [0.4, 0.5) is 10.2 Å².